The Balaban J connectivity index is 3.44. The lowest BCUT2D eigenvalue weighted by molar-refractivity contribution is -0.140. The molecular formula is C19H38O3Si. The fourth-order valence-electron chi connectivity index (χ4n) is 1.98. The monoisotopic (exact) mass is 342 g/mol. The van der Waals surface area contributed by atoms with E-state index in [0.29, 0.717) is 11.5 Å². The van der Waals surface area contributed by atoms with E-state index in [4.69, 9.17) is 4.43 Å². The minimum absolute atomic E-state index is 0.130. The van der Waals surface area contributed by atoms with Crippen LogP contribution in [0.4, 0.5) is 0 Å². The number of allylic oxidation sites excluding steroid dienone is 2. The Kier molecular flexibility index (Phi) is 11.5. The maximum Gasteiger partial charge on any atom is 0.305 e. The molecule has 0 aromatic heterocycles. The third-order valence-electron chi connectivity index (χ3n) is 4.69. The average Bonchev–Trinajstić information content (AvgIpc) is 2.46. The normalized spacial score (nSPS) is 12.8. The van der Waals surface area contributed by atoms with Crippen LogP contribution in [-0.2, 0) is 14.0 Å². The van der Waals surface area contributed by atoms with E-state index in [2.05, 4.69) is 50.8 Å². The van der Waals surface area contributed by atoms with Crippen molar-refractivity contribution in [2.24, 2.45) is 0 Å². The highest BCUT2D eigenvalue weighted by atomic mass is 28.4. The number of ether oxygens (including phenoxy) is 1. The number of carbonyl (C=O) groups excluding carboxylic acids is 1. The van der Waals surface area contributed by atoms with Crippen LogP contribution in [0.3, 0.4) is 0 Å². The first kappa shape index (κ1) is 22.4. The molecule has 0 spiro atoms. The first-order chi connectivity index (χ1) is 10.7. The standard InChI is InChI=1S/C19H38O3Si/c1-19(2,3)23(5,6)22-17-15-13-11-9-7-8-10-12-14-16-18(20)21-4/h10,12H,7-9,11,13-17H2,1-6H3/b12-10+. The zero-order chi connectivity index (χ0) is 17.8. The Morgan fingerprint density at radius 1 is 0.957 bits per heavy atom. The summed E-state index contributed by atoms with van der Waals surface area (Å²) in [5.41, 5.74) is 0. The van der Waals surface area contributed by atoms with Gasteiger partial charge in [-0.15, -0.1) is 0 Å². The zero-order valence-electron chi connectivity index (χ0n) is 16.2. The minimum atomic E-state index is -1.55. The second-order valence-corrected chi connectivity index (χ2v) is 12.6. The molecule has 0 aromatic carbocycles. The predicted molar refractivity (Wildman–Crippen MR) is 101 cm³/mol. The van der Waals surface area contributed by atoms with E-state index in [1.807, 2.05) is 0 Å². The lowest BCUT2D eigenvalue weighted by Gasteiger charge is -2.36. The molecule has 136 valence electrons. The lowest BCUT2D eigenvalue weighted by Crippen LogP contribution is -2.40. The molecule has 3 nitrogen and oxygen atoms in total. The van der Waals surface area contributed by atoms with Gasteiger partial charge >= 0.3 is 5.97 Å². The van der Waals surface area contributed by atoms with Gasteiger partial charge in [0.25, 0.3) is 0 Å². The number of esters is 1. The Hall–Kier alpha value is -0.613. The number of methoxy groups -OCH3 is 1. The van der Waals surface area contributed by atoms with Gasteiger partial charge < -0.3 is 9.16 Å². The largest absolute Gasteiger partial charge is 0.469 e. The van der Waals surface area contributed by atoms with Crippen LogP contribution in [0.5, 0.6) is 0 Å². The van der Waals surface area contributed by atoms with Gasteiger partial charge in [-0.05, 0) is 43.8 Å². The Morgan fingerprint density at radius 3 is 2.13 bits per heavy atom. The van der Waals surface area contributed by atoms with Crippen molar-refractivity contribution in [1.29, 1.82) is 0 Å². The van der Waals surface area contributed by atoms with Crippen LogP contribution in [0.15, 0.2) is 12.2 Å². The SMILES string of the molecule is COC(=O)CC/C=C/CCCCCCCO[Si](C)(C)C(C)(C)C. The predicted octanol–water partition coefficient (Wildman–Crippen LogP) is 5.86. The number of unbranched alkanes of at least 4 members (excludes halogenated alkanes) is 5. The van der Waals surface area contributed by atoms with Crippen LogP contribution in [0.1, 0.15) is 72.1 Å². The quantitative estimate of drug-likeness (QED) is 0.193. The van der Waals surface area contributed by atoms with Crippen molar-refractivity contribution in [3.8, 4) is 0 Å². The van der Waals surface area contributed by atoms with Gasteiger partial charge in [0.1, 0.15) is 0 Å². The molecule has 0 aromatic rings. The van der Waals surface area contributed by atoms with E-state index in [1.165, 1.54) is 39.2 Å². The molecule has 0 fully saturated rings. The number of rotatable bonds is 12. The second-order valence-electron chi connectivity index (χ2n) is 7.75. The van der Waals surface area contributed by atoms with Crippen LogP contribution in [0, 0.1) is 0 Å². The first-order valence-corrected chi connectivity index (χ1v) is 12.0. The van der Waals surface area contributed by atoms with Crippen molar-refractivity contribution in [1.82, 2.24) is 0 Å². The fourth-order valence-corrected chi connectivity index (χ4v) is 3.07. The zero-order valence-corrected chi connectivity index (χ0v) is 17.2. The highest BCUT2D eigenvalue weighted by Crippen LogP contribution is 2.36. The molecule has 0 saturated carbocycles. The van der Waals surface area contributed by atoms with Crippen molar-refractivity contribution >= 4 is 14.3 Å². The van der Waals surface area contributed by atoms with Gasteiger partial charge in [-0.25, -0.2) is 0 Å². The molecule has 0 aliphatic carbocycles. The summed E-state index contributed by atoms with van der Waals surface area (Å²) in [5.74, 6) is -0.130. The molecule has 0 amide bonds. The molecule has 0 atom stereocenters. The van der Waals surface area contributed by atoms with Gasteiger partial charge in [0.15, 0.2) is 8.32 Å². The molecule has 0 rings (SSSR count). The van der Waals surface area contributed by atoms with Gasteiger partial charge in [-0.3, -0.25) is 4.79 Å². The third-order valence-corrected chi connectivity index (χ3v) is 9.23. The maximum absolute atomic E-state index is 10.9. The van der Waals surface area contributed by atoms with Gasteiger partial charge in [-0.1, -0.05) is 52.2 Å². The van der Waals surface area contributed by atoms with Crippen molar-refractivity contribution < 1.29 is 14.0 Å². The van der Waals surface area contributed by atoms with Crippen molar-refractivity contribution in [3.63, 3.8) is 0 Å². The molecule has 0 bridgehead atoms. The number of hydrogen-bond acceptors (Lipinski definition) is 3. The molecule has 0 radical (unpaired) electrons. The summed E-state index contributed by atoms with van der Waals surface area (Å²) < 4.78 is 10.8. The fraction of sp³-hybridized carbons (Fsp3) is 0.842. The van der Waals surface area contributed by atoms with Crippen LogP contribution < -0.4 is 0 Å². The van der Waals surface area contributed by atoms with E-state index < -0.39 is 8.32 Å². The van der Waals surface area contributed by atoms with E-state index in [1.54, 1.807) is 0 Å². The van der Waals surface area contributed by atoms with E-state index in [0.717, 1.165) is 19.4 Å². The second kappa shape index (κ2) is 11.9. The summed E-state index contributed by atoms with van der Waals surface area (Å²) in [5, 5.41) is 0.313. The van der Waals surface area contributed by atoms with Gasteiger partial charge in [0, 0.05) is 13.0 Å². The van der Waals surface area contributed by atoms with Crippen LogP contribution in [-0.4, -0.2) is 28.0 Å². The smallest absolute Gasteiger partial charge is 0.305 e. The highest BCUT2D eigenvalue weighted by Gasteiger charge is 2.36. The Bertz CT molecular complexity index is 343. The summed E-state index contributed by atoms with van der Waals surface area (Å²) in [7, 11) is -0.118. The number of hydrogen-bond donors (Lipinski definition) is 0. The number of carbonyl (C=O) groups is 1. The minimum Gasteiger partial charge on any atom is -0.469 e. The molecule has 23 heavy (non-hydrogen) atoms. The van der Waals surface area contributed by atoms with E-state index >= 15 is 0 Å². The van der Waals surface area contributed by atoms with Crippen LogP contribution in [0.25, 0.3) is 0 Å². The summed E-state index contributed by atoms with van der Waals surface area (Å²) in [6.07, 6.45) is 12.9. The van der Waals surface area contributed by atoms with Gasteiger partial charge in [-0.2, -0.15) is 0 Å². The third kappa shape index (κ3) is 11.5. The maximum atomic E-state index is 10.9. The summed E-state index contributed by atoms with van der Waals surface area (Å²) in [4.78, 5) is 10.9. The molecule has 0 saturated heterocycles. The molecule has 0 heterocycles. The van der Waals surface area contributed by atoms with E-state index in [-0.39, 0.29) is 5.97 Å². The summed E-state index contributed by atoms with van der Waals surface area (Å²) in [6.45, 7) is 12.4. The topological polar surface area (TPSA) is 35.5 Å². The lowest BCUT2D eigenvalue weighted by atomic mass is 10.1. The first-order valence-electron chi connectivity index (χ1n) is 9.06. The van der Waals surface area contributed by atoms with Gasteiger partial charge in [0.2, 0.25) is 0 Å². The average molecular weight is 343 g/mol. The molecule has 0 unspecified atom stereocenters. The van der Waals surface area contributed by atoms with Crippen molar-refractivity contribution in [2.75, 3.05) is 13.7 Å². The Labute approximate surface area is 145 Å². The molecule has 0 aliphatic rings. The molecule has 0 N–H and O–H groups in total. The summed E-state index contributed by atoms with van der Waals surface area (Å²) in [6, 6.07) is 0. The van der Waals surface area contributed by atoms with Crippen LogP contribution >= 0.6 is 0 Å². The van der Waals surface area contributed by atoms with Crippen molar-refractivity contribution in [3.05, 3.63) is 12.2 Å². The molecule has 4 heteroatoms. The molecular weight excluding hydrogens is 304 g/mol. The van der Waals surface area contributed by atoms with Gasteiger partial charge in [0.05, 0.1) is 7.11 Å². The Morgan fingerprint density at radius 2 is 1.52 bits per heavy atom. The summed E-state index contributed by atoms with van der Waals surface area (Å²) >= 11 is 0. The molecule has 0 aliphatic heterocycles. The highest BCUT2D eigenvalue weighted by molar-refractivity contribution is 6.74. The van der Waals surface area contributed by atoms with Crippen LogP contribution in [0.2, 0.25) is 18.1 Å². The van der Waals surface area contributed by atoms with E-state index in [9.17, 15) is 4.79 Å². The van der Waals surface area contributed by atoms with Crippen molar-refractivity contribution in [2.45, 2.75) is 90.3 Å².